The van der Waals surface area contributed by atoms with E-state index in [2.05, 4.69) is 34.7 Å². The Hall–Kier alpha value is -0.870. The summed E-state index contributed by atoms with van der Waals surface area (Å²) in [6.07, 6.45) is 1.57. The maximum Gasteiger partial charge on any atom is 0.150 e. The topological polar surface area (TPSA) is 40.5 Å². The third kappa shape index (κ3) is 3.82. The van der Waals surface area contributed by atoms with Crippen LogP contribution < -0.4 is 4.90 Å². The summed E-state index contributed by atoms with van der Waals surface area (Å²) in [7, 11) is 0. The van der Waals surface area contributed by atoms with Crippen LogP contribution in [-0.4, -0.2) is 30.6 Å². The molecule has 0 aromatic heterocycles. The molecule has 4 heteroatoms. The normalized spacial score (nSPS) is 10.6. The van der Waals surface area contributed by atoms with Crippen molar-refractivity contribution in [3.8, 4) is 0 Å². The average molecular weight is 300 g/mol. The van der Waals surface area contributed by atoms with Gasteiger partial charge in [-0.25, -0.2) is 0 Å². The summed E-state index contributed by atoms with van der Waals surface area (Å²) < 4.78 is 0.911. The number of carbonyl (C=O) groups is 1. The first-order valence-electron chi connectivity index (χ1n) is 5.72. The van der Waals surface area contributed by atoms with Crippen molar-refractivity contribution in [1.29, 1.82) is 0 Å². The van der Waals surface area contributed by atoms with Crippen LogP contribution in [0.4, 0.5) is 5.69 Å². The molecule has 0 bridgehead atoms. The number of aliphatic hydroxyl groups is 1. The average Bonchev–Trinajstić information content (AvgIpc) is 2.30. The summed E-state index contributed by atoms with van der Waals surface area (Å²) in [4.78, 5) is 12.9. The van der Waals surface area contributed by atoms with Gasteiger partial charge in [-0.05, 0) is 54.4 Å². The van der Waals surface area contributed by atoms with Gasteiger partial charge in [0.2, 0.25) is 0 Å². The molecular weight excluding hydrogens is 282 g/mol. The Kier molecular flexibility index (Phi) is 5.65. The molecular formula is C13H18BrNO2. The minimum atomic E-state index is 0.188. The highest BCUT2D eigenvalue weighted by Gasteiger charge is 2.13. The van der Waals surface area contributed by atoms with Crippen molar-refractivity contribution < 1.29 is 9.90 Å². The standard InChI is InChI=1S/C13H18BrNO2/c1-10(2)15(6-3-7-16)13-5-4-11(9-17)8-12(13)14/h4-5,8-10,16H,3,6-7H2,1-2H3. The molecule has 0 amide bonds. The molecule has 0 saturated carbocycles. The highest BCUT2D eigenvalue weighted by atomic mass is 79.9. The maximum atomic E-state index is 10.7. The molecule has 17 heavy (non-hydrogen) atoms. The molecule has 0 aliphatic heterocycles. The van der Waals surface area contributed by atoms with E-state index in [0.717, 1.165) is 29.4 Å². The van der Waals surface area contributed by atoms with E-state index in [1.807, 2.05) is 12.1 Å². The minimum absolute atomic E-state index is 0.188. The van der Waals surface area contributed by atoms with E-state index in [9.17, 15) is 4.79 Å². The van der Waals surface area contributed by atoms with Gasteiger partial charge in [-0.15, -0.1) is 0 Å². The fraction of sp³-hybridized carbons (Fsp3) is 0.462. The molecule has 0 atom stereocenters. The lowest BCUT2D eigenvalue weighted by Crippen LogP contribution is -2.32. The van der Waals surface area contributed by atoms with Crippen LogP contribution in [-0.2, 0) is 0 Å². The lowest BCUT2D eigenvalue weighted by molar-refractivity contribution is 0.112. The zero-order chi connectivity index (χ0) is 12.8. The summed E-state index contributed by atoms with van der Waals surface area (Å²) in [6, 6.07) is 5.91. The highest BCUT2D eigenvalue weighted by molar-refractivity contribution is 9.10. The monoisotopic (exact) mass is 299 g/mol. The molecule has 0 aliphatic carbocycles. The molecule has 0 radical (unpaired) electrons. The Morgan fingerprint density at radius 2 is 2.18 bits per heavy atom. The van der Waals surface area contributed by atoms with Gasteiger partial charge in [0.1, 0.15) is 6.29 Å². The summed E-state index contributed by atoms with van der Waals surface area (Å²) >= 11 is 3.49. The Bertz CT molecular complexity index is 380. The van der Waals surface area contributed by atoms with Crippen LogP contribution >= 0.6 is 15.9 Å². The third-order valence-electron chi connectivity index (χ3n) is 2.60. The van der Waals surface area contributed by atoms with E-state index in [4.69, 9.17) is 5.11 Å². The first-order valence-corrected chi connectivity index (χ1v) is 6.51. The Labute approximate surface area is 111 Å². The van der Waals surface area contributed by atoms with Crippen LogP contribution in [0.25, 0.3) is 0 Å². The number of benzene rings is 1. The second-order valence-corrected chi connectivity index (χ2v) is 5.05. The predicted octanol–water partition coefficient (Wildman–Crippen LogP) is 2.86. The maximum absolute atomic E-state index is 10.7. The lowest BCUT2D eigenvalue weighted by atomic mass is 10.1. The van der Waals surface area contributed by atoms with Crippen molar-refractivity contribution >= 4 is 27.9 Å². The fourth-order valence-corrected chi connectivity index (χ4v) is 2.35. The van der Waals surface area contributed by atoms with Crippen molar-refractivity contribution in [3.63, 3.8) is 0 Å². The van der Waals surface area contributed by atoms with Crippen molar-refractivity contribution in [2.24, 2.45) is 0 Å². The SMILES string of the molecule is CC(C)N(CCCO)c1ccc(C=O)cc1Br. The molecule has 1 aromatic carbocycles. The quantitative estimate of drug-likeness (QED) is 0.821. The van der Waals surface area contributed by atoms with Gasteiger partial charge in [0.15, 0.2) is 0 Å². The molecule has 1 aromatic rings. The number of aliphatic hydroxyl groups excluding tert-OH is 1. The molecule has 0 fully saturated rings. The Balaban J connectivity index is 2.97. The molecule has 0 saturated heterocycles. The molecule has 1 N–H and O–H groups in total. The zero-order valence-corrected chi connectivity index (χ0v) is 11.8. The summed E-state index contributed by atoms with van der Waals surface area (Å²) in [5.41, 5.74) is 1.71. The molecule has 0 unspecified atom stereocenters. The van der Waals surface area contributed by atoms with Gasteiger partial charge < -0.3 is 10.0 Å². The minimum Gasteiger partial charge on any atom is -0.396 e. The zero-order valence-electron chi connectivity index (χ0n) is 10.2. The van der Waals surface area contributed by atoms with Crippen LogP contribution in [0.3, 0.4) is 0 Å². The second-order valence-electron chi connectivity index (χ2n) is 4.19. The number of rotatable bonds is 6. The Morgan fingerprint density at radius 3 is 2.65 bits per heavy atom. The number of carbonyl (C=O) groups excluding carboxylic acids is 1. The smallest absolute Gasteiger partial charge is 0.150 e. The van der Waals surface area contributed by atoms with Gasteiger partial charge in [0.25, 0.3) is 0 Å². The predicted molar refractivity (Wildman–Crippen MR) is 73.7 cm³/mol. The molecule has 3 nitrogen and oxygen atoms in total. The van der Waals surface area contributed by atoms with Crippen LogP contribution in [0.1, 0.15) is 30.6 Å². The van der Waals surface area contributed by atoms with E-state index >= 15 is 0 Å². The van der Waals surface area contributed by atoms with Gasteiger partial charge in [0, 0.05) is 29.2 Å². The van der Waals surface area contributed by atoms with Crippen LogP contribution in [0, 0.1) is 0 Å². The molecule has 0 spiro atoms. The first-order chi connectivity index (χ1) is 8.10. The number of hydrogen-bond donors (Lipinski definition) is 1. The Morgan fingerprint density at radius 1 is 1.47 bits per heavy atom. The molecule has 94 valence electrons. The fourth-order valence-electron chi connectivity index (χ4n) is 1.73. The molecule has 0 aliphatic rings. The molecule has 1 rings (SSSR count). The molecule has 0 heterocycles. The van der Waals surface area contributed by atoms with Gasteiger partial charge in [-0.2, -0.15) is 0 Å². The summed E-state index contributed by atoms with van der Waals surface area (Å²) in [5, 5.41) is 8.91. The number of aldehydes is 1. The van der Waals surface area contributed by atoms with Crippen molar-refractivity contribution in [1.82, 2.24) is 0 Å². The number of nitrogens with zero attached hydrogens (tertiary/aromatic N) is 1. The lowest BCUT2D eigenvalue weighted by Gasteiger charge is -2.30. The summed E-state index contributed by atoms with van der Waals surface area (Å²) in [6.45, 7) is 5.20. The number of halogens is 1. The van der Waals surface area contributed by atoms with E-state index in [0.29, 0.717) is 11.6 Å². The van der Waals surface area contributed by atoms with Gasteiger partial charge in [0.05, 0.1) is 5.69 Å². The first kappa shape index (κ1) is 14.2. The third-order valence-corrected chi connectivity index (χ3v) is 3.23. The van der Waals surface area contributed by atoms with Gasteiger partial charge >= 0.3 is 0 Å². The van der Waals surface area contributed by atoms with Crippen LogP contribution in [0.2, 0.25) is 0 Å². The summed E-state index contributed by atoms with van der Waals surface area (Å²) in [5.74, 6) is 0. The van der Waals surface area contributed by atoms with Crippen molar-refractivity contribution in [2.75, 3.05) is 18.1 Å². The van der Waals surface area contributed by atoms with E-state index in [-0.39, 0.29) is 6.61 Å². The second kappa shape index (κ2) is 6.77. The van der Waals surface area contributed by atoms with Crippen molar-refractivity contribution in [2.45, 2.75) is 26.3 Å². The van der Waals surface area contributed by atoms with E-state index in [1.54, 1.807) is 6.07 Å². The largest absolute Gasteiger partial charge is 0.396 e. The highest BCUT2D eigenvalue weighted by Crippen LogP contribution is 2.28. The van der Waals surface area contributed by atoms with Crippen LogP contribution in [0.5, 0.6) is 0 Å². The van der Waals surface area contributed by atoms with Gasteiger partial charge in [-0.1, -0.05) is 0 Å². The number of anilines is 1. The van der Waals surface area contributed by atoms with Crippen molar-refractivity contribution in [3.05, 3.63) is 28.2 Å². The van der Waals surface area contributed by atoms with E-state index < -0.39 is 0 Å². The van der Waals surface area contributed by atoms with Gasteiger partial charge in [-0.3, -0.25) is 4.79 Å². The van der Waals surface area contributed by atoms with Crippen LogP contribution in [0.15, 0.2) is 22.7 Å². The number of hydrogen-bond acceptors (Lipinski definition) is 3. The van der Waals surface area contributed by atoms with E-state index in [1.165, 1.54) is 0 Å².